The van der Waals surface area contributed by atoms with Gasteiger partial charge in [-0.05, 0) is 47.5 Å². The lowest BCUT2D eigenvalue weighted by molar-refractivity contribution is 0.0985. The molecule has 0 radical (unpaired) electrons. The molecule has 0 spiro atoms. The molecule has 1 aliphatic heterocycles. The number of aryl methyl sites for hydroxylation is 1. The largest absolute Gasteiger partial charge is 0.354 e. The predicted octanol–water partition coefficient (Wildman–Crippen LogP) is 4.54. The highest BCUT2D eigenvalue weighted by molar-refractivity contribution is 9.10. The highest BCUT2D eigenvalue weighted by atomic mass is 79.9. The van der Waals surface area contributed by atoms with E-state index < -0.39 is 0 Å². The zero-order valence-corrected chi connectivity index (χ0v) is 15.0. The normalized spacial score (nSPS) is 13.2. The molecule has 24 heavy (non-hydrogen) atoms. The monoisotopic (exact) mass is 380 g/mol. The molecule has 0 unspecified atom stereocenters. The molecule has 3 nitrogen and oxygen atoms in total. The van der Waals surface area contributed by atoms with E-state index in [1.54, 1.807) is 0 Å². The van der Waals surface area contributed by atoms with Crippen molar-refractivity contribution in [3.63, 3.8) is 0 Å². The van der Waals surface area contributed by atoms with Gasteiger partial charge in [-0.3, -0.25) is 4.79 Å². The number of para-hydroxylation sites is 1. The molecular weight excluding hydrogens is 364 g/mol. The van der Waals surface area contributed by atoms with Crippen molar-refractivity contribution < 1.29 is 4.79 Å². The van der Waals surface area contributed by atoms with Crippen LogP contribution in [-0.4, -0.2) is 10.5 Å². The predicted molar refractivity (Wildman–Crippen MR) is 99.3 cm³/mol. The highest BCUT2D eigenvalue weighted by Gasteiger charge is 2.25. The fourth-order valence-corrected chi connectivity index (χ4v) is 3.55. The third kappa shape index (κ3) is 2.57. The Bertz CT molecular complexity index is 912. The highest BCUT2D eigenvalue weighted by Crippen LogP contribution is 2.32. The van der Waals surface area contributed by atoms with Crippen LogP contribution in [0.1, 0.15) is 27.2 Å². The maximum Gasteiger partial charge on any atom is 0.258 e. The molecule has 2 heterocycles. The number of benzene rings is 2. The van der Waals surface area contributed by atoms with Crippen LogP contribution in [0.5, 0.6) is 0 Å². The van der Waals surface area contributed by atoms with Gasteiger partial charge in [0.1, 0.15) is 0 Å². The lowest BCUT2D eigenvalue weighted by atomic mass is 10.1. The number of amides is 1. The van der Waals surface area contributed by atoms with Gasteiger partial charge in [-0.2, -0.15) is 0 Å². The number of anilines is 1. The molecule has 3 aromatic rings. The van der Waals surface area contributed by atoms with Gasteiger partial charge in [0.15, 0.2) is 0 Å². The van der Waals surface area contributed by atoms with Gasteiger partial charge in [-0.1, -0.05) is 34.1 Å². The van der Waals surface area contributed by atoms with E-state index in [2.05, 4.69) is 45.9 Å². The average molecular weight is 381 g/mol. The summed E-state index contributed by atoms with van der Waals surface area (Å²) >= 11 is 3.43. The van der Waals surface area contributed by atoms with Crippen LogP contribution in [0.25, 0.3) is 0 Å². The fraction of sp³-hybridized carbons (Fsp3) is 0.150. The topological polar surface area (TPSA) is 25.2 Å². The van der Waals surface area contributed by atoms with Crippen molar-refractivity contribution in [3.05, 3.63) is 87.7 Å². The molecule has 0 saturated heterocycles. The summed E-state index contributed by atoms with van der Waals surface area (Å²) in [7, 11) is 2.06. The Hall–Kier alpha value is -2.33. The molecular formula is C20H17BrN2O. The molecule has 0 N–H and O–H groups in total. The molecule has 4 heteroatoms. The minimum atomic E-state index is 0.0339. The van der Waals surface area contributed by atoms with E-state index >= 15 is 0 Å². The van der Waals surface area contributed by atoms with Crippen LogP contribution in [0.15, 0.2) is 65.3 Å². The third-order valence-electron chi connectivity index (χ3n) is 4.60. The second kappa shape index (κ2) is 5.95. The number of fused-ring (bicyclic) bond motifs is 2. The van der Waals surface area contributed by atoms with Crippen LogP contribution < -0.4 is 4.90 Å². The van der Waals surface area contributed by atoms with Crippen molar-refractivity contribution in [3.8, 4) is 0 Å². The van der Waals surface area contributed by atoms with Crippen LogP contribution in [0, 0.1) is 0 Å². The summed E-state index contributed by atoms with van der Waals surface area (Å²) in [5.74, 6) is 0.0339. The Morgan fingerprint density at radius 3 is 2.54 bits per heavy atom. The van der Waals surface area contributed by atoms with Gasteiger partial charge < -0.3 is 9.47 Å². The standard InChI is InChI=1S/C20H17BrN2O/c1-22-11-10-16-13-23(20(24)14-6-8-17(21)9-7-14)18-5-3-2-4-15(18)12-19(16)22/h2-11H,12-13H2,1H3. The lowest BCUT2D eigenvalue weighted by Crippen LogP contribution is -2.30. The van der Waals surface area contributed by atoms with Crippen molar-refractivity contribution in [2.24, 2.45) is 7.05 Å². The summed E-state index contributed by atoms with van der Waals surface area (Å²) in [5.41, 5.74) is 5.37. The molecule has 2 aromatic carbocycles. The number of carbonyl (C=O) groups excluding carboxylic acids is 1. The SMILES string of the molecule is Cn1ccc2c1Cc1ccccc1N(C(=O)c1ccc(Br)cc1)C2. The van der Waals surface area contributed by atoms with E-state index in [1.165, 1.54) is 16.8 Å². The quantitative estimate of drug-likeness (QED) is 0.608. The lowest BCUT2D eigenvalue weighted by Gasteiger charge is -2.23. The number of nitrogens with zero attached hydrogens (tertiary/aromatic N) is 2. The van der Waals surface area contributed by atoms with E-state index in [-0.39, 0.29) is 5.91 Å². The first-order valence-electron chi connectivity index (χ1n) is 7.92. The molecule has 1 aliphatic rings. The number of carbonyl (C=O) groups is 1. The van der Waals surface area contributed by atoms with Gasteiger partial charge in [0.2, 0.25) is 0 Å². The minimum absolute atomic E-state index is 0.0339. The zero-order chi connectivity index (χ0) is 16.7. The summed E-state index contributed by atoms with van der Waals surface area (Å²) in [6, 6.07) is 17.8. The van der Waals surface area contributed by atoms with Gasteiger partial charge in [-0.25, -0.2) is 0 Å². The summed E-state index contributed by atoms with van der Waals surface area (Å²) in [6.45, 7) is 0.599. The van der Waals surface area contributed by atoms with Crippen LogP contribution in [-0.2, 0) is 20.0 Å². The first-order chi connectivity index (χ1) is 11.6. The maximum atomic E-state index is 13.1. The van der Waals surface area contributed by atoms with Gasteiger partial charge >= 0.3 is 0 Å². The van der Waals surface area contributed by atoms with Crippen LogP contribution in [0.2, 0.25) is 0 Å². The van der Waals surface area contributed by atoms with Crippen LogP contribution in [0.4, 0.5) is 5.69 Å². The Labute approximate surface area is 149 Å². The van der Waals surface area contributed by atoms with Crippen molar-refractivity contribution in [1.82, 2.24) is 4.57 Å². The van der Waals surface area contributed by atoms with Crippen LogP contribution >= 0.6 is 15.9 Å². The Morgan fingerprint density at radius 2 is 1.75 bits per heavy atom. The first kappa shape index (κ1) is 15.2. The Morgan fingerprint density at radius 1 is 1.00 bits per heavy atom. The molecule has 0 bridgehead atoms. The maximum absolute atomic E-state index is 13.1. The van der Waals surface area contributed by atoms with E-state index in [0.717, 1.165) is 16.6 Å². The summed E-state index contributed by atoms with van der Waals surface area (Å²) < 4.78 is 3.13. The molecule has 1 amide bonds. The van der Waals surface area contributed by atoms with E-state index in [0.29, 0.717) is 12.1 Å². The summed E-state index contributed by atoms with van der Waals surface area (Å²) in [5, 5.41) is 0. The van der Waals surface area contributed by atoms with E-state index in [4.69, 9.17) is 0 Å². The Kier molecular flexibility index (Phi) is 3.77. The van der Waals surface area contributed by atoms with Crippen molar-refractivity contribution in [2.75, 3.05) is 4.90 Å². The van der Waals surface area contributed by atoms with Gasteiger partial charge in [-0.15, -0.1) is 0 Å². The molecule has 0 atom stereocenters. The summed E-state index contributed by atoms with van der Waals surface area (Å²) in [6.07, 6.45) is 2.92. The minimum Gasteiger partial charge on any atom is -0.354 e. The number of aromatic nitrogens is 1. The molecule has 0 saturated carbocycles. The van der Waals surface area contributed by atoms with Crippen molar-refractivity contribution in [1.29, 1.82) is 0 Å². The molecule has 120 valence electrons. The van der Waals surface area contributed by atoms with Crippen molar-refractivity contribution in [2.45, 2.75) is 13.0 Å². The van der Waals surface area contributed by atoms with Gasteiger partial charge in [0.25, 0.3) is 5.91 Å². The first-order valence-corrected chi connectivity index (χ1v) is 8.71. The average Bonchev–Trinajstić information content (AvgIpc) is 2.85. The van der Waals surface area contributed by atoms with E-state index in [1.807, 2.05) is 47.4 Å². The Balaban J connectivity index is 1.81. The number of hydrogen-bond acceptors (Lipinski definition) is 1. The molecule has 0 aliphatic carbocycles. The van der Waals surface area contributed by atoms with E-state index in [9.17, 15) is 4.79 Å². The third-order valence-corrected chi connectivity index (χ3v) is 5.13. The van der Waals surface area contributed by atoms with Gasteiger partial charge in [0.05, 0.1) is 6.54 Å². The second-order valence-electron chi connectivity index (χ2n) is 6.10. The molecule has 4 rings (SSSR count). The zero-order valence-electron chi connectivity index (χ0n) is 13.4. The molecule has 1 aromatic heterocycles. The fourth-order valence-electron chi connectivity index (χ4n) is 3.29. The number of halogens is 1. The van der Waals surface area contributed by atoms with Crippen LogP contribution in [0.3, 0.4) is 0 Å². The second-order valence-corrected chi connectivity index (χ2v) is 7.02. The van der Waals surface area contributed by atoms with Crippen molar-refractivity contribution >= 4 is 27.5 Å². The number of rotatable bonds is 1. The number of hydrogen-bond donors (Lipinski definition) is 0. The smallest absolute Gasteiger partial charge is 0.258 e. The molecule has 0 fully saturated rings. The summed E-state index contributed by atoms with van der Waals surface area (Å²) in [4.78, 5) is 15.0. The van der Waals surface area contributed by atoms with Gasteiger partial charge in [0, 0.05) is 41.1 Å².